The largest absolute Gasteiger partial charge is 0.354 e. The molecule has 1 aliphatic rings. The number of carbonyl (C=O) groups excluding carboxylic acids is 1. The molecular formula is C17H20ClN3OS. The Kier molecular flexibility index (Phi) is 5.33. The van der Waals surface area contributed by atoms with Crippen molar-refractivity contribution in [3.05, 3.63) is 56.7 Å². The second-order valence-corrected chi connectivity index (χ2v) is 7.19. The van der Waals surface area contributed by atoms with Gasteiger partial charge in [0.2, 0.25) is 5.91 Å². The molecule has 1 fully saturated rings. The Balaban J connectivity index is 1.47. The summed E-state index contributed by atoms with van der Waals surface area (Å²) in [6.07, 6.45) is 1.61. The van der Waals surface area contributed by atoms with E-state index in [0.717, 1.165) is 23.4 Å². The summed E-state index contributed by atoms with van der Waals surface area (Å²) in [7, 11) is 0. The number of aryl methyl sites for hydroxylation is 1. The lowest BCUT2D eigenvalue weighted by molar-refractivity contribution is -0.122. The lowest BCUT2D eigenvalue weighted by Gasteiger charge is -2.11. The van der Waals surface area contributed by atoms with Gasteiger partial charge in [-0.15, -0.1) is 11.3 Å². The Morgan fingerprint density at radius 1 is 1.30 bits per heavy atom. The summed E-state index contributed by atoms with van der Waals surface area (Å²) in [4.78, 5) is 13.6. The van der Waals surface area contributed by atoms with E-state index >= 15 is 0 Å². The Morgan fingerprint density at radius 3 is 2.78 bits per heavy atom. The zero-order valence-corrected chi connectivity index (χ0v) is 14.5. The molecule has 0 radical (unpaired) electrons. The van der Waals surface area contributed by atoms with Crippen molar-refractivity contribution < 1.29 is 4.79 Å². The monoisotopic (exact) mass is 349 g/mol. The Bertz CT molecular complexity index is 671. The predicted molar refractivity (Wildman–Crippen MR) is 94.6 cm³/mol. The lowest BCUT2D eigenvalue weighted by Crippen LogP contribution is -2.43. The zero-order chi connectivity index (χ0) is 16.2. The minimum atomic E-state index is -0.208. The first kappa shape index (κ1) is 16.5. The molecule has 1 aliphatic heterocycles. The standard InChI is InChI=1S/C17H20ClN3OS/c1-11-7-9-23-16(11)6-8-19-17(22)15-10-14(20-21-15)12-2-4-13(18)5-3-12/h2-5,7,9,14-15,20-21H,6,8,10H2,1H3,(H,19,22). The number of halogens is 1. The Hall–Kier alpha value is -1.40. The maximum atomic E-state index is 12.3. The molecule has 2 atom stereocenters. The molecule has 1 amide bonds. The van der Waals surface area contributed by atoms with Gasteiger partial charge in [-0.2, -0.15) is 0 Å². The van der Waals surface area contributed by atoms with Gasteiger partial charge >= 0.3 is 0 Å². The highest BCUT2D eigenvalue weighted by molar-refractivity contribution is 7.10. The van der Waals surface area contributed by atoms with Crippen LogP contribution in [0.1, 0.15) is 28.5 Å². The van der Waals surface area contributed by atoms with E-state index in [1.54, 1.807) is 11.3 Å². The van der Waals surface area contributed by atoms with E-state index in [2.05, 4.69) is 34.5 Å². The van der Waals surface area contributed by atoms with Crippen molar-refractivity contribution in [1.29, 1.82) is 0 Å². The molecule has 4 nitrogen and oxygen atoms in total. The number of benzene rings is 1. The van der Waals surface area contributed by atoms with E-state index < -0.39 is 0 Å². The number of nitrogens with one attached hydrogen (secondary N) is 3. The van der Waals surface area contributed by atoms with Crippen LogP contribution in [0.25, 0.3) is 0 Å². The van der Waals surface area contributed by atoms with Gasteiger partial charge in [0, 0.05) is 22.5 Å². The van der Waals surface area contributed by atoms with E-state index in [9.17, 15) is 4.79 Å². The van der Waals surface area contributed by atoms with Crippen molar-refractivity contribution in [2.75, 3.05) is 6.54 Å². The van der Waals surface area contributed by atoms with E-state index in [-0.39, 0.29) is 18.0 Å². The fraction of sp³-hybridized carbons (Fsp3) is 0.353. The van der Waals surface area contributed by atoms with Crippen molar-refractivity contribution in [2.24, 2.45) is 0 Å². The number of rotatable bonds is 5. The van der Waals surface area contributed by atoms with Crippen molar-refractivity contribution in [2.45, 2.75) is 31.8 Å². The molecule has 2 heterocycles. The van der Waals surface area contributed by atoms with Crippen molar-refractivity contribution in [3.8, 4) is 0 Å². The average molecular weight is 350 g/mol. The third-order valence-electron chi connectivity index (χ3n) is 4.11. The van der Waals surface area contributed by atoms with Gasteiger partial charge in [0.1, 0.15) is 6.04 Å². The molecule has 122 valence electrons. The Labute approximate surface area is 145 Å². The van der Waals surface area contributed by atoms with Gasteiger partial charge < -0.3 is 5.32 Å². The summed E-state index contributed by atoms with van der Waals surface area (Å²) in [5.41, 5.74) is 8.70. The number of hydrogen-bond donors (Lipinski definition) is 3. The molecule has 1 aromatic heterocycles. The SMILES string of the molecule is Cc1ccsc1CCNC(=O)C1CC(c2ccc(Cl)cc2)NN1. The van der Waals surface area contributed by atoms with E-state index in [4.69, 9.17) is 11.6 Å². The van der Waals surface area contributed by atoms with Gasteiger partial charge in [-0.3, -0.25) is 4.79 Å². The van der Waals surface area contributed by atoms with E-state index in [1.807, 2.05) is 24.3 Å². The molecule has 3 rings (SSSR count). The fourth-order valence-corrected chi connectivity index (χ4v) is 3.76. The second kappa shape index (κ2) is 7.45. The van der Waals surface area contributed by atoms with Crippen molar-refractivity contribution >= 4 is 28.8 Å². The van der Waals surface area contributed by atoms with Gasteiger partial charge in [0.15, 0.2) is 0 Å². The van der Waals surface area contributed by atoms with Gasteiger partial charge in [-0.1, -0.05) is 23.7 Å². The van der Waals surface area contributed by atoms with Gasteiger partial charge in [-0.05, 0) is 54.5 Å². The predicted octanol–water partition coefficient (Wildman–Crippen LogP) is 2.98. The van der Waals surface area contributed by atoms with Crippen LogP contribution in [0.3, 0.4) is 0 Å². The van der Waals surface area contributed by atoms with E-state index in [1.165, 1.54) is 10.4 Å². The molecule has 23 heavy (non-hydrogen) atoms. The second-order valence-electron chi connectivity index (χ2n) is 5.75. The number of carbonyl (C=O) groups is 1. The molecule has 1 saturated heterocycles. The summed E-state index contributed by atoms with van der Waals surface area (Å²) < 4.78 is 0. The van der Waals surface area contributed by atoms with Crippen molar-refractivity contribution in [3.63, 3.8) is 0 Å². The van der Waals surface area contributed by atoms with Crippen molar-refractivity contribution in [1.82, 2.24) is 16.2 Å². The summed E-state index contributed by atoms with van der Waals surface area (Å²) >= 11 is 7.65. The van der Waals surface area contributed by atoms with Crippen LogP contribution in [0.2, 0.25) is 5.02 Å². The lowest BCUT2D eigenvalue weighted by atomic mass is 10.0. The molecule has 2 aromatic rings. The summed E-state index contributed by atoms with van der Waals surface area (Å²) in [5.74, 6) is 0.0446. The van der Waals surface area contributed by atoms with Gasteiger partial charge in [-0.25, -0.2) is 10.9 Å². The average Bonchev–Trinajstić information content (AvgIpc) is 3.18. The van der Waals surface area contributed by atoms with Crippen LogP contribution >= 0.6 is 22.9 Å². The quantitative estimate of drug-likeness (QED) is 0.777. The minimum absolute atomic E-state index is 0.0446. The van der Waals surface area contributed by atoms with Gasteiger partial charge in [0.05, 0.1) is 0 Å². The number of hydrazine groups is 1. The molecule has 0 aliphatic carbocycles. The number of amides is 1. The van der Waals surface area contributed by atoms with Crippen LogP contribution in [0.4, 0.5) is 0 Å². The highest BCUT2D eigenvalue weighted by Crippen LogP contribution is 2.23. The van der Waals surface area contributed by atoms with Crippen LogP contribution < -0.4 is 16.2 Å². The molecular weight excluding hydrogens is 330 g/mol. The molecule has 2 unspecified atom stereocenters. The molecule has 0 spiro atoms. The van der Waals surface area contributed by atoms with Gasteiger partial charge in [0.25, 0.3) is 0 Å². The van der Waals surface area contributed by atoms with Crippen LogP contribution in [0.5, 0.6) is 0 Å². The van der Waals surface area contributed by atoms with Crippen LogP contribution in [-0.2, 0) is 11.2 Å². The first-order chi connectivity index (χ1) is 11.1. The summed E-state index contributed by atoms with van der Waals surface area (Å²) in [6.45, 7) is 2.77. The van der Waals surface area contributed by atoms with Crippen LogP contribution in [-0.4, -0.2) is 18.5 Å². The highest BCUT2D eigenvalue weighted by atomic mass is 35.5. The number of hydrogen-bond acceptors (Lipinski definition) is 4. The molecule has 0 saturated carbocycles. The highest BCUT2D eigenvalue weighted by Gasteiger charge is 2.29. The maximum absolute atomic E-state index is 12.3. The third-order valence-corrected chi connectivity index (χ3v) is 5.45. The number of thiophene rings is 1. The molecule has 6 heteroatoms. The fourth-order valence-electron chi connectivity index (χ4n) is 2.72. The zero-order valence-electron chi connectivity index (χ0n) is 12.9. The normalized spacial score (nSPS) is 20.6. The molecule has 3 N–H and O–H groups in total. The molecule has 1 aromatic carbocycles. The first-order valence-electron chi connectivity index (χ1n) is 7.70. The smallest absolute Gasteiger partial charge is 0.238 e. The first-order valence-corrected chi connectivity index (χ1v) is 8.96. The maximum Gasteiger partial charge on any atom is 0.238 e. The van der Waals surface area contributed by atoms with E-state index in [0.29, 0.717) is 6.54 Å². The Morgan fingerprint density at radius 2 is 2.09 bits per heavy atom. The summed E-state index contributed by atoms with van der Waals surface area (Å²) in [6, 6.07) is 9.75. The third kappa shape index (κ3) is 4.12. The topological polar surface area (TPSA) is 53.2 Å². The van der Waals surface area contributed by atoms with Crippen LogP contribution in [0.15, 0.2) is 35.7 Å². The molecule has 0 bridgehead atoms. The van der Waals surface area contributed by atoms with Crippen LogP contribution in [0, 0.1) is 6.92 Å². The summed E-state index contributed by atoms with van der Waals surface area (Å²) in [5, 5.41) is 5.82. The minimum Gasteiger partial charge on any atom is -0.354 e.